The number of benzene rings is 1. The number of aliphatic carboxylic acids is 1. The monoisotopic (exact) mass is 268 g/mol. The van der Waals surface area contributed by atoms with Gasteiger partial charge in [-0.15, -0.1) is 11.8 Å². The maximum Gasteiger partial charge on any atom is 0.321 e. The molecule has 18 heavy (non-hydrogen) atoms. The van der Waals surface area contributed by atoms with Crippen LogP contribution in [0.4, 0.5) is 5.69 Å². The Hall–Kier alpha value is -1.60. The molecule has 1 saturated heterocycles. The molecule has 0 saturated carbocycles. The second kappa shape index (κ2) is 5.36. The lowest BCUT2D eigenvalue weighted by Crippen LogP contribution is -2.37. The van der Waals surface area contributed by atoms with Crippen molar-refractivity contribution >= 4 is 23.4 Å². The first-order valence-corrected chi connectivity index (χ1v) is 6.52. The van der Waals surface area contributed by atoms with Gasteiger partial charge in [-0.1, -0.05) is 18.2 Å². The average molecular weight is 268 g/mol. The minimum atomic E-state index is -0.876. The van der Waals surface area contributed by atoms with Gasteiger partial charge in [0.1, 0.15) is 6.04 Å². The van der Waals surface area contributed by atoms with Crippen LogP contribution < -0.4 is 0 Å². The Balaban J connectivity index is 2.19. The van der Waals surface area contributed by atoms with E-state index >= 15 is 0 Å². The fourth-order valence-corrected chi connectivity index (χ4v) is 3.09. The summed E-state index contributed by atoms with van der Waals surface area (Å²) in [5.74, 6) is 0.234. The predicted molar refractivity (Wildman–Crippen MR) is 67.4 cm³/mol. The van der Waals surface area contributed by atoms with Gasteiger partial charge in [-0.2, -0.15) is 0 Å². The number of thioether (sulfide) groups is 1. The third-order valence-corrected chi connectivity index (χ3v) is 3.89. The molecule has 96 valence electrons. The molecule has 6 nitrogen and oxygen atoms in total. The van der Waals surface area contributed by atoms with Gasteiger partial charge in [-0.3, -0.25) is 19.8 Å². The summed E-state index contributed by atoms with van der Waals surface area (Å²) in [4.78, 5) is 23.2. The van der Waals surface area contributed by atoms with E-state index in [9.17, 15) is 14.9 Å². The number of nitro groups is 1. The third kappa shape index (κ3) is 2.62. The zero-order chi connectivity index (χ0) is 13.1. The highest BCUT2D eigenvalue weighted by atomic mass is 32.2. The molecule has 1 aromatic rings. The summed E-state index contributed by atoms with van der Waals surface area (Å²) < 4.78 is 0. The highest BCUT2D eigenvalue weighted by Crippen LogP contribution is 2.26. The fraction of sp³-hybridized carbons (Fsp3) is 0.364. The first-order chi connectivity index (χ1) is 8.59. The van der Waals surface area contributed by atoms with Crippen LogP contribution in [-0.2, 0) is 11.3 Å². The van der Waals surface area contributed by atoms with E-state index in [1.165, 1.54) is 17.8 Å². The van der Waals surface area contributed by atoms with Gasteiger partial charge in [-0.05, 0) is 0 Å². The number of nitrogens with zero attached hydrogens (tertiary/aromatic N) is 2. The normalized spacial score (nSPS) is 19.9. The van der Waals surface area contributed by atoms with Crippen molar-refractivity contribution in [2.75, 3.05) is 11.6 Å². The van der Waals surface area contributed by atoms with E-state index in [2.05, 4.69) is 0 Å². The molecule has 0 spiro atoms. The van der Waals surface area contributed by atoms with E-state index in [1.54, 1.807) is 23.1 Å². The number of hydrogen-bond acceptors (Lipinski definition) is 5. The Bertz CT molecular complexity index is 480. The lowest BCUT2D eigenvalue weighted by atomic mass is 10.1. The number of hydrogen-bond donors (Lipinski definition) is 1. The molecule has 1 aromatic carbocycles. The SMILES string of the molecule is O=C(O)C1CSCN1Cc1ccccc1[N+](=O)[O-]. The molecule has 0 radical (unpaired) electrons. The zero-order valence-corrected chi connectivity index (χ0v) is 10.3. The van der Waals surface area contributed by atoms with Gasteiger partial charge in [0.15, 0.2) is 0 Å². The molecule has 1 N–H and O–H groups in total. The maximum absolute atomic E-state index is 11.0. The van der Waals surface area contributed by atoms with Gasteiger partial charge in [-0.25, -0.2) is 0 Å². The van der Waals surface area contributed by atoms with Crippen LogP contribution in [0.5, 0.6) is 0 Å². The van der Waals surface area contributed by atoms with Crippen LogP contribution in [0.2, 0.25) is 0 Å². The molecule has 1 heterocycles. The minimum Gasteiger partial charge on any atom is -0.480 e. The molecule has 0 aliphatic carbocycles. The van der Waals surface area contributed by atoms with E-state index in [0.717, 1.165) is 0 Å². The lowest BCUT2D eigenvalue weighted by Gasteiger charge is -2.19. The molecule has 0 bridgehead atoms. The Kier molecular flexibility index (Phi) is 3.83. The first kappa shape index (κ1) is 12.8. The smallest absolute Gasteiger partial charge is 0.321 e. The number of rotatable bonds is 4. The number of para-hydroxylation sites is 1. The van der Waals surface area contributed by atoms with Crippen molar-refractivity contribution < 1.29 is 14.8 Å². The summed E-state index contributed by atoms with van der Waals surface area (Å²) >= 11 is 1.53. The molecule has 1 fully saturated rings. The topological polar surface area (TPSA) is 83.7 Å². The quantitative estimate of drug-likeness (QED) is 0.659. The Labute approximate surface area is 108 Å². The molecular weight excluding hydrogens is 256 g/mol. The van der Waals surface area contributed by atoms with Crippen LogP contribution in [-0.4, -0.2) is 38.6 Å². The van der Waals surface area contributed by atoms with Crippen LogP contribution in [0.3, 0.4) is 0 Å². The first-order valence-electron chi connectivity index (χ1n) is 5.36. The third-order valence-electron chi connectivity index (χ3n) is 2.82. The van der Waals surface area contributed by atoms with E-state index in [1.807, 2.05) is 0 Å². The Morgan fingerprint density at radius 3 is 2.94 bits per heavy atom. The zero-order valence-electron chi connectivity index (χ0n) is 9.48. The molecule has 1 unspecified atom stereocenters. The molecule has 2 rings (SSSR count). The van der Waals surface area contributed by atoms with Gasteiger partial charge < -0.3 is 5.11 Å². The van der Waals surface area contributed by atoms with Crippen molar-refractivity contribution in [1.82, 2.24) is 4.90 Å². The second-order valence-electron chi connectivity index (χ2n) is 3.99. The summed E-state index contributed by atoms with van der Waals surface area (Å²) in [5, 5.41) is 19.9. The number of carboxylic acids is 1. The van der Waals surface area contributed by atoms with E-state index in [0.29, 0.717) is 23.7 Å². The van der Waals surface area contributed by atoms with Crippen molar-refractivity contribution in [2.24, 2.45) is 0 Å². The molecule has 0 amide bonds. The van der Waals surface area contributed by atoms with Crippen molar-refractivity contribution in [2.45, 2.75) is 12.6 Å². The van der Waals surface area contributed by atoms with Crippen LogP contribution in [0.15, 0.2) is 24.3 Å². The van der Waals surface area contributed by atoms with E-state index in [-0.39, 0.29) is 5.69 Å². The highest BCUT2D eigenvalue weighted by molar-refractivity contribution is 7.99. The van der Waals surface area contributed by atoms with E-state index < -0.39 is 16.9 Å². The summed E-state index contributed by atoms with van der Waals surface area (Å²) in [7, 11) is 0. The minimum absolute atomic E-state index is 0.0403. The summed E-state index contributed by atoms with van der Waals surface area (Å²) in [6, 6.07) is 5.87. The average Bonchev–Trinajstić information content (AvgIpc) is 2.77. The largest absolute Gasteiger partial charge is 0.480 e. The van der Waals surface area contributed by atoms with Gasteiger partial charge in [0, 0.05) is 29.8 Å². The molecule has 1 atom stereocenters. The van der Waals surface area contributed by atoms with Crippen molar-refractivity contribution in [3.8, 4) is 0 Å². The maximum atomic E-state index is 11.0. The van der Waals surface area contributed by atoms with Gasteiger partial charge in [0.25, 0.3) is 5.69 Å². The van der Waals surface area contributed by atoms with Crippen molar-refractivity contribution in [3.05, 3.63) is 39.9 Å². The van der Waals surface area contributed by atoms with E-state index in [4.69, 9.17) is 5.11 Å². The molecule has 1 aliphatic heterocycles. The highest BCUT2D eigenvalue weighted by Gasteiger charge is 2.32. The van der Waals surface area contributed by atoms with Gasteiger partial charge in [0.2, 0.25) is 0 Å². The summed E-state index contributed by atoms with van der Waals surface area (Å²) in [5.41, 5.74) is 0.592. The summed E-state index contributed by atoms with van der Waals surface area (Å²) in [6.07, 6.45) is 0. The van der Waals surface area contributed by atoms with Crippen LogP contribution >= 0.6 is 11.8 Å². The lowest BCUT2D eigenvalue weighted by molar-refractivity contribution is -0.385. The molecule has 7 heteroatoms. The standard InChI is InChI=1S/C11H12N2O4S/c14-11(15)10-6-18-7-12(10)5-8-3-1-2-4-9(8)13(16)17/h1-4,10H,5-7H2,(H,14,15). The molecular formula is C11H12N2O4S. The van der Waals surface area contributed by atoms with Crippen molar-refractivity contribution in [3.63, 3.8) is 0 Å². The number of carbonyl (C=O) groups is 1. The van der Waals surface area contributed by atoms with Crippen LogP contribution in [0.1, 0.15) is 5.56 Å². The molecule has 1 aliphatic rings. The van der Waals surface area contributed by atoms with Crippen molar-refractivity contribution in [1.29, 1.82) is 0 Å². The second-order valence-corrected chi connectivity index (χ2v) is 4.99. The Morgan fingerprint density at radius 2 is 2.28 bits per heavy atom. The van der Waals surface area contributed by atoms with Gasteiger partial charge in [0.05, 0.1) is 4.92 Å². The van der Waals surface area contributed by atoms with Gasteiger partial charge >= 0.3 is 5.97 Å². The number of nitro benzene ring substituents is 1. The molecule has 0 aromatic heterocycles. The Morgan fingerprint density at radius 1 is 1.56 bits per heavy atom. The fourth-order valence-electron chi connectivity index (χ4n) is 1.90. The number of carboxylic acid groups (broad SMARTS) is 1. The van der Waals surface area contributed by atoms with Crippen LogP contribution in [0, 0.1) is 10.1 Å². The van der Waals surface area contributed by atoms with Crippen LogP contribution in [0.25, 0.3) is 0 Å². The summed E-state index contributed by atoms with van der Waals surface area (Å²) in [6.45, 7) is 0.293. The predicted octanol–water partition coefficient (Wildman–Crippen LogP) is 1.55.